The average Bonchev–Trinajstić information content (AvgIpc) is 2.82. The predicted molar refractivity (Wildman–Crippen MR) is 70.9 cm³/mol. The van der Waals surface area contributed by atoms with Crippen LogP contribution in [0.2, 0.25) is 0 Å². The van der Waals surface area contributed by atoms with E-state index >= 15 is 0 Å². The first-order valence-corrected chi connectivity index (χ1v) is 6.98. The van der Waals surface area contributed by atoms with Crippen LogP contribution in [0, 0.1) is 6.92 Å². The highest BCUT2D eigenvalue weighted by Crippen LogP contribution is 2.32. The Hall–Kier alpha value is -1.82. The van der Waals surface area contributed by atoms with Crippen LogP contribution in [0.3, 0.4) is 0 Å². The first kappa shape index (κ1) is 13.6. The number of hydrogen-bond donors (Lipinski definition) is 0. The molecule has 0 fully saturated rings. The van der Waals surface area contributed by atoms with Crippen molar-refractivity contribution in [3.63, 3.8) is 0 Å². The fourth-order valence-corrected chi connectivity index (χ4v) is 2.95. The SMILES string of the molecule is COc1cccc(OC)c1[S@@](=O)Cc1ncc(C)o1. The van der Waals surface area contributed by atoms with Crippen LogP contribution in [0.15, 0.2) is 33.7 Å². The van der Waals surface area contributed by atoms with E-state index < -0.39 is 10.8 Å². The van der Waals surface area contributed by atoms with Crippen molar-refractivity contribution in [3.8, 4) is 11.5 Å². The summed E-state index contributed by atoms with van der Waals surface area (Å²) in [5.74, 6) is 2.37. The minimum absolute atomic E-state index is 0.185. The smallest absolute Gasteiger partial charge is 0.207 e. The molecule has 19 heavy (non-hydrogen) atoms. The Balaban J connectivity index is 2.32. The zero-order valence-corrected chi connectivity index (χ0v) is 11.8. The van der Waals surface area contributed by atoms with Gasteiger partial charge in [-0.15, -0.1) is 0 Å². The zero-order chi connectivity index (χ0) is 13.8. The molecule has 0 N–H and O–H groups in total. The monoisotopic (exact) mass is 281 g/mol. The highest BCUT2D eigenvalue weighted by atomic mass is 32.2. The predicted octanol–water partition coefficient (Wildman–Crippen LogP) is 2.31. The number of benzene rings is 1. The first-order chi connectivity index (χ1) is 9.15. The summed E-state index contributed by atoms with van der Waals surface area (Å²) in [5.41, 5.74) is 0. The molecule has 0 unspecified atom stereocenters. The minimum atomic E-state index is -1.35. The van der Waals surface area contributed by atoms with E-state index in [0.29, 0.717) is 28.0 Å². The first-order valence-electron chi connectivity index (χ1n) is 5.66. The Labute approximate surface area is 114 Å². The van der Waals surface area contributed by atoms with E-state index in [1.54, 1.807) is 31.3 Å². The molecule has 102 valence electrons. The van der Waals surface area contributed by atoms with E-state index in [1.807, 2.05) is 0 Å². The number of aromatic nitrogens is 1. The van der Waals surface area contributed by atoms with Crippen molar-refractivity contribution in [1.82, 2.24) is 4.98 Å². The second kappa shape index (κ2) is 5.88. The molecule has 0 saturated heterocycles. The molecule has 0 amide bonds. The van der Waals surface area contributed by atoms with Crippen molar-refractivity contribution in [2.45, 2.75) is 17.6 Å². The van der Waals surface area contributed by atoms with Crippen LogP contribution in [-0.4, -0.2) is 23.4 Å². The number of oxazole rings is 1. The highest BCUT2D eigenvalue weighted by Gasteiger charge is 2.18. The lowest BCUT2D eigenvalue weighted by atomic mass is 10.3. The molecule has 0 saturated carbocycles. The summed E-state index contributed by atoms with van der Waals surface area (Å²) in [6.07, 6.45) is 1.60. The number of nitrogens with zero attached hydrogens (tertiary/aromatic N) is 1. The van der Waals surface area contributed by atoms with Gasteiger partial charge in [0.1, 0.15) is 27.9 Å². The molecule has 2 rings (SSSR count). The second-order valence-corrected chi connectivity index (χ2v) is 5.23. The van der Waals surface area contributed by atoms with Gasteiger partial charge in [0.05, 0.1) is 31.2 Å². The lowest BCUT2D eigenvalue weighted by Crippen LogP contribution is -2.02. The van der Waals surface area contributed by atoms with Gasteiger partial charge in [-0.2, -0.15) is 0 Å². The Morgan fingerprint density at radius 3 is 2.37 bits per heavy atom. The molecule has 2 aromatic rings. The normalized spacial score (nSPS) is 12.2. The highest BCUT2D eigenvalue weighted by molar-refractivity contribution is 7.84. The Kier molecular flexibility index (Phi) is 4.21. The largest absolute Gasteiger partial charge is 0.495 e. The topological polar surface area (TPSA) is 61.6 Å². The van der Waals surface area contributed by atoms with Crippen LogP contribution in [0.1, 0.15) is 11.7 Å². The van der Waals surface area contributed by atoms with Crippen LogP contribution in [-0.2, 0) is 16.6 Å². The quantitative estimate of drug-likeness (QED) is 0.841. The molecule has 0 spiro atoms. The van der Waals surface area contributed by atoms with Crippen molar-refractivity contribution < 1.29 is 18.1 Å². The molecule has 5 nitrogen and oxygen atoms in total. The maximum atomic E-state index is 12.4. The van der Waals surface area contributed by atoms with Crippen LogP contribution in [0.5, 0.6) is 11.5 Å². The van der Waals surface area contributed by atoms with E-state index in [9.17, 15) is 4.21 Å². The maximum Gasteiger partial charge on any atom is 0.207 e. The van der Waals surface area contributed by atoms with Gasteiger partial charge in [0.15, 0.2) is 0 Å². The molecule has 0 radical (unpaired) electrons. The molecule has 1 atom stereocenters. The molecule has 0 aliphatic rings. The Morgan fingerprint density at radius 2 is 1.89 bits per heavy atom. The molecular weight excluding hydrogens is 266 g/mol. The van der Waals surface area contributed by atoms with Gasteiger partial charge in [-0.1, -0.05) is 6.07 Å². The average molecular weight is 281 g/mol. The zero-order valence-electron chi connectivity index (χ0n) is 11.0. The van der Waals surface area contributed by atoms with Crippen molar-refractivity contribution in [2.24, 2.45) is 0 Å². The Morgan fingerprint density at radius 1 is 1.26 bits per heavy atom. The number of aryl methyl sites for hydroxylation is 1. The van der Waals surface area contributed by atoms with Gasteiger partial charge < -0.3 is 13.9 Å². The summed E-state index contributed by atoms with van der Waals surface area (Å²) in [5, 5.41) is 0. The standard InChI is InChI=1S/C13H15NO4S/c1-9-7-14-12(18-9)8-19(15)13-10(16-2)5-4-6-11(13)17-3/h4-7H,8H2,1-3H3/t19-/m0/s1. The van der Waals surface area contributed by atoms with Gasteiger partial charge in [0, 0.05) is 0 Å². The van der Waals surface area contributed by atoms with E-state index in [-0.39, 0.29) is 5.75 Å². The Bertz CT molecular complexity index is 572. The van der Waals surface area contributed by atoms with Gasteiger partial charge >= 0.3 is 0 Å². The number of rotatable bonds is 5. The summed E-state index contributed by atoms with van der Waals surface area (Å²) in [4.78, 5) is 4.57. The minimum Gasteiger partial charge on any atom is -0.495 e. The molecule has 0 aliphatic heterocycles. The maximum absolute atomic E-state index is 12.4. The number of hydrogen-bond acceptors (Lipinski definition) is 5. The van der Waals surface area contributed by atoms with Crippen molar-refractivity contribution in [1.29, 1.82) is 0 Å². The van der Waals surface area contributed by atoms with Gasteiger partial charge in [-0.05, 0) is 19.1 Å². The van der Waals surface area contributed by atoms with E-state index in [4.69, 9.17) is 13.9 Å². The summed E-state index contributed by atoms with van der Waals surface area (Å²) < 4.78 is 28.2. The van der Waals surface area contributed by atoms with Crippen molar-refractivity contribution in [3.05, 3.63) is 36.0 Å². The molecular formula is C13H15NO4S. The number of methoxy groups -OCH3 is 2. The van der Waals surface area contributed by atoms with Gasteiger partial charge in [-0.25, -0.2) is 4.98 Å². The van der Waals surface area contributed by atoms with Gasteiger partial charge in [-0.3, -0.25) is 4.21 Å². The summed E-state index contributed by atoms with van der Waals surface area (Å²) in [6, 6.07) is 5.28. The van der Waals surface area contributed by atoms with Crippen molar-refractivity contribution in [2.75, 3.05) is 14.2 Å². The van der Waals surface area contributed by atoms with Crippen LogP contribution in [0.4, 0.5) is 0 Å². The van der Waals surface area contributed by atoms with Gasteiger partial charge in [0.2, 0.25) is 5.89 Å². The van der Waals surface area contributed by atoms with E-state index in [1.165, 1.54) is 14.2 Å². The van der Waals surface area contributed by atoms with Crippen LogP contribution >= 0.6 is 0 Å². The van der Waals surface area contributed by atoms with E-state index in [2.05, 4.69) is 4.98 Å². The number of ether oxygens (including phenoxy) is 2. The third-order valence-electron chi connectivity index (χ3n) is 2.53. The van der Waals surface area contributed by atoms with Crippen molar-refractivity contribution >= 4 is 10.8 Å². The molecule has 1 aromatic carbocycles. The van der Waals surface area contributed by atoms with Crippen LogP contribution in [0.25, 0.3) is 0 Å². The summed E-state index contributed by atoms with van der Waals surface area (Å²) >= 11 is 0. The fourth-order valence-electron chi connectivity index (χ4n) is 1.69. The lowest BCUT2D eigenvalue weighted by Gasteiger charge is -2.11. The second-order valence-electron chi connectivity index (χ2n) is 3.85. The molecule has 1 heterocycles. The third kappa shape index (κ3) is 2.96. The molecule has 1 aromatic heterocycles. The van der Waals surface area contributed by atoms with Gasteiger partial charge in [0.25, 0.3) is 0 Å². The summed E-state index contributed by atoms with van der Waals surface area (Å²) in [6.45, 7) is 1.79. The third-order valence-corrected chi connectivity index (χ3v) is 3.90. The van der Waals surface area contributed by atoms with Crippen LogP contribution < -0.4 is 9.47 Å². The fraction of sp³-hybridized carbons (Fsp3) is 0.308. The molecule has 0 aliphatic carbocycles. The molecule has 0 bridgehead atoms. The summed E-state index contributed by atoms with van der Waals surface area (Å²) in [7, 11) is 1.71. The van der Waals surface area contributed by atoms with E-state index in [0.717, 1.165) is 0 Å². The molecule has 6 heteroatoms. The lowest BCUT2D eigenvalue weighted by molar-refractivity contribution is 0.375.